The minimum Gasteiger partial charge on any atom is -0.505 e. The monoisotopic (exact) mass is 463 g/mol. The van der Waals surface area contributed by atoms with Gasteiger partial charge >= 0.3 is 0 Å². The molecule has 8 heteroatoms. The topological polar surface area (TPSA) is 98.7 Å². The fourth-order valence-electron chi connectivity index (χ4n) is 3.81. The number of carbonyl (C=O) groups is 1. The van der Waals surface area contributed by atoms with E-state index in [1.165, 1.54) is 4.90 Å². The molecule has 0 spiro atoms. The van der Waals surface area contributed by atoms with Crippen LogP contribution in [0.4, 0.5) is 17.1 Å². The number of nitrogens with zero attached hydrogens (tertiary/aromatic N) is 1. The van der Waals surface area contributed by atoms with Crippen molar-refractivity contribution < 1.29 is 9.90 Å². The fraction of sp³-hybridized carbons (Fsp3) is 0.476. The third-order valence-corrected chi connectivity index (χ3v) is 6.40. The van der Waals surface area contributed by atoms with Crippen molar-refractivity contribution in [3.63, 3.8) is 0 Å². The number of phenols is 1. The molecule has 0 radical (unpaired) electrons. The highest BCUT2D eigenvalue weighted by Gasteiger charge is 2.35. The highest BCUT2D eigenvalue weighted by Crippen LogP contribution is 2.39. The summed E-state index contributed by atoms with van der Waals surface area (Å²) in [6, 6.07) is 3.25. The fourth-order valence-corrected chi connectivity index (χ4v) is 4.30. The quantitative estimate of drug-likeness (QED) is 0.462. The molecule has 29 heavy (non-hydrogen) atoms. The average Bonchev–Trinajstić information content (AvgIpc) is 2.66. The Labute approximate surface area is 177 Å². The summed E-state index contributed by atoms with van der Waals surface area (Å²) in [5.74, 6) is -0.666. The molecule has 1 aliphatic carbocycles. The van der Waals surface area contributed by atoms with Crippen molar-refractivity contribution in [2.75, 3.05) is 24.7 Å². The number of anilines is 3. The van der Waals surface area contributed by atoms with Crippen molar-refractivity contribution >= 4 is 38.9 Å². The van der Waals surface area contributed by atoms with Crippen molar-refractivity contribution in [2.45, 2.75) is 45.6 Å². The number of carbonyl (C=O) groups excluding carboxylic acids is 1. The number of benzene rings is 1. The maximum atomic E-state index is 12.4. The van der Waals surface area contributed by atoms with Crippen LogP contribution in [0, 0.1) is 5.41 Å². The first-order valence-corrected chi connectivity index (χ1v) is 10.4. The van der Waals surface area contributed by atoms with Gasteiger partial charge in [0.15, 0.2) is 5.75 Å². The predicted molar refractivity (Wildman–Crippen MR) is 118 cm³/mol. The van der Waals surface area contributed by atoms with Crippen LogP contribution >= 0.6 is 15.9 Å². The van der Waals surface area contributed by atoms with Crippen LogP contribution in [0.15, 0.2) is 26.2 Å². The van der Waals surface area contributed by atoms with Gasteiger partial charge in [-0.3, -0.25) is 14.4 Å². The molecule has 1 unspecified atom stereocenters. The summed E-state index contributed by atoms with van der Waals surface area (Å²) in [6.45, 7) is 4.31. The summed E-state index contributed by atoms with van der Waals surface area (Å²) in [5.41, 5.74) is -0.535. The van der Waals surface area contributed by atoms with Gasteiger partial charge in [0.1, 0.15) is 11.4 Å². The Bertz CT molecular complexity index is 1020. The summed E-state index contributed by atoms with van der Waals surface area (Å²) in [5, 5.41) is 16.7. The second-order valence-corrected chi connectivity index (χ2v) is 9.34. The second kappa shape index (κ2) is 7.82. The van der Waals surface area contributed by atoms with Crippen molar-refractivity contribution in [2.24, 2.45) is 5.41 Å². The normalized spacial score (nSPS) is 18.4. The molecule has 1 amide bonds. The minimum absolute atomic E-state index is 0.0142. The van der Waals surface area contributed by atoms with E-state index in [2.05, 4.69) is 40.4 Å². The van der Waals surface area contributed by atoms with E-state index < -0.39 is 10.9 Å². The number of hydrogen-bond donors (Lipinski definition) is 3. The molecule has 1 fully saturated rings. The van der Waals surface area contributed by atoms with Crippen molar-refractivity contribution in [3.05, 3.63) is 42.6 Å². The third-order valence-electron chi connectivity index (χ3n) is 5.74. The Morgan fingerprint density at radius 3 is 2.45 bits per heavy atom. The molecule has 156 valence electrons. The van der Waals surface area contributed by atoms with E-state index in [1.54, 1.807) is 26.2 Å². The van der Waals surface area contributed by atoms with Crippen LogP contribution < -0.4 is 21.5 Å². The van der Waals surface area contributed by atoms with E-state index in [0.29, 0.717) is 4.47 Å². The smallest absolute Gasteiger partial charge is 0.258 e. The summed E-state index contributed by atoms with van der Waals surface area (Å²) in [6.07, 6.45) is 4.20. The maximum absolute atomic E-state index is 12.4. The predicted octanol–water partition coefficient (Wildman–Crippen LogP) is 3.58. The molecule has 1 aliphatic rings. The Hall–Kier alpha value is -2.35. The molecule has 0 saturated heterocycles. The number of phenolic OH excluding ortho intramolecular Hbond substituents is 1. The van der Waals surface area contributed by atoms with E-state index in [0.717, 1.165) is 25.7 Å². The lowest BCUT2D eigenvalue weighted by molar-refractivity contribution is 0.0824. The second-order valence-electron chi connectivity index (χ2n) is 8.48. The molecule has 2 aromatic carbocycles. The standard InChI is InChI=1S/C21H26BrN3O4/c1-21(2)10-6-5-7-13(21)24-16-15(18(27)19(16)28)23-12-9-8-11(22)14(17(12)26)20(29)25(3)4/h8-9,13,23-24,26H,5-7,10H2,1-4H3. The maximum Gasteiger partial charge on any atom is 0.258 e. The first-order chi connectivity index (χ1) is 13.5. The zero-order valence-electron chi connectivity index (χ0n) is 17.1. The molecule has 2 aromatic rings. The summed E-state index contributed by atoms with van der Waals surface area (Å²) in [7, 11) is 3.16. The van der Waals surface area contributed by atoms with E-state index in [-0.39, 0.29) is 45.7 Å². The van der Waals surface area contributed by atoms with Crippen molar-refractivity contribution in [3.8, 4) is 5.75 Å². The van der Waals surface area contributed by atoms with E-state index >= 15 is 0 Å². The van der Waals surface area contributed by atoms with E-state index in [9.17, 15) is 19.5 Å². The molecule has 3 rings (SSSR count). The summed E-state index contributed by atoms with van der Waals surface area (Å²) >= 11 is 3.28. The molecule has 1 atom stereocenters. The molecule has 0 aromatic heterocycles. The lowest BCUT2D eigenvalue weighted by atomic mass is 9.73. The number of hydrogen-bond acceptors (Lipinski definition) is 6. The Kier molecular flexibility index (Phi) is 5.76. The van der Waals surface area contributed by atoms with E-state index in [1.807, 2.05) is 0 Å². The lowest BCUT2D eigenvalue weighted by Gasteiger charge is -2.40. The zero-order valence-corrected chi connectivity index (χ0v) is 18.6. The average molecular weight is 464 g/mol. The van der Waals surface area contributed by atoms with Gasteiger partial charge < -0.3 is 20.6 Å². The number of amides is 1. The Morgan fingerprint density at radius 1 is 1.17 bits per heavy atom. The van der Waals surface area contributed by atoms with Gasteiger partial charge in [0.2, 0.25) is 0 Å². The Morgan fingerprint density at radius 2 is 1.83 bits per heavy atom. The van der Waals surface area contributed by atoms with Crippen LogP contribution in [0.3, 0.4) is 0 Å². The summed E-state index contributed by atoms with van der Waals surface area (Å²) < 4.78 is 0.437. The molecule has 0 aliphatic heterocycles. The molecule has 0 bridgehead atoms. The van der Waals surface area contributed by atoms with Crippen LogP contribution in [-0.2, 0) is 0 Å². The SMILES string of the molecule is CN(C)C(=O)c1c(Br)ccc(Nc2c(NC3CCCCC3(C)C)c(=O)c2=O)c1O. The van der Waals surface area contributed by atoms with Crippen LogP contribution in [0.5, 0.6) is 5.75 Å². The van der Waals surface area contributed by atoms with Gasteiger partial charge in [0.25, 0.3) is 16.8 Å². The number of aromatic hydroxyl groups is 1. The van der Waals surface area contributed by atoms with Gasteiger partial charge in [-0.2, -0.15) is 0 Å². The lowest BCUT2D eigenvalue weighted by Crippen LogP contribution is -2.44. The van der Waals surface area contributed by atoms with Crippen LogP contribution in [0.1, 0.15) is 49.9 Å². The molecule has 1 saturated carbocycles. The van der Waals surface area contributed by atoms with Gasteiger partial charge in [0, 0.05) is 24.6 Å². The van der Waals surface area contributed by atoms with Crippen LogP contribution in [-0.4, -0.2) is 36.1 Å². The molecule has 7 nitrogen and oxygen atoms in total. The largest absolute Gasteiger partial charge is 0.505 e. The number of rotatable bonds is 5. The third kappa shape index (κ3) is 3.90. The van der Waals surface area contributed by atoms with Gasteiger partial charge in [-0.1, -0.05) is 26.7 Å². The first-order valence-electron chi connectivity index (χ1n) is 9.64. The minimum atomic E-state index is -0.635. The summed E-state index contributed by atoms with van der Waals surface area (Å²) in [4.78, 5) is 38.1. The zero-order chi connectivity index (χ0) is 21.5. The number of nitrogens with one attached hydrogen (secondary N) is 2. The van der Waals surface area contributed by atoms with Crippen molar-refractivity contribution in [1.29, 1.82) is 0 Å². The molecule has 0 heterocycles. The molecular weight excluding hydrogens is 438 g/mol. The molecule has 3 N–H and O–H groups in total. The van der Waals surface area contributed by atoms with Crippen LogP contribution in [0.25, 0.3) is 0 Å². The van der Waals surface area contributed by atoms with Gasteiger partial charge in [0.05, 0.1) is 11.3 Å². The highest BCUT2D eigenvalue weighted by atomic mass is 79.9. The van der Waals surface area contributed by atoms with E-state index in [4.69, 9.17) is 0 Å². The Balaban J connectivity index is 1.92. The van der Waals surface area contributed by atoms with Gasteiger partial charge in [-0.15, -0.1) is 0 Å². The number of halogens is 1. The first kappa shape index (κ1) is 21.4. The molecular formula is C21H26BrN3O4. The van der Waals surface area contributed by atoms with Gasteiger partial charge in [-0.05, 0) is 46.3 Å². The highest BCUT2D eigenvalue weighted by molar-refractivity contribution is 9.10. The van der Waals surface area contributed by atoms with Crippen LogP contribution in [0.2, 0.25) is 0 Å². The van der Waals surface area contributed by atoms with Crippen molar-refractivity contribution in [1.82, 2.24) is 4.90 Å². The van der Waals surface area contributed by atoms with Gasteiger partial charge in [-0.25, -0.2) is 0 Å².